The highest BCUT2D eigenvalue weighted by Crippen LogP contribution is 2.28. The highest BCUT2D eigenvalue weighted by Gasteiger charge is 2.42. The first kappa shape index (κ1) is 17.4. The standard InChI is InChI=1S/C15H32N2O2Si2/c1-5-20(2,3)14-15-21(4,16-6-10-18-11-7-16)17-8-12-19-13-9-17/h5H,1,6-15H2,2-4H3. The minimum atomic E-state index is -1.58. The summed E-state index contributed by atoms with van der Waals surface area (Å²) in [7, 11) is -2.81. The Balaban J connectivity index is 2.09. The second-order valence-electron chi connectivity index (χ2n) is 7.11. The lowest BCUT2D eigenvalue weighted by molar-refractivity contribution is 0.0444. The van der Waals surface area contributed by atoms with Crippen molar-refractivity contribution in [3.8, 4) is 0 Å². The van der Waals surface area contributed by atoms with Gasteiger partial charge >= 0.3 is 0 Å². The molecule has 0 aromatic carbocycles. The molecule has 0 radical (unpaired) electrons. The molecule has 0 spiro atoms. The normalized spacial score (nSPS) is 23.2. The van der Waals surface area contributed by atoms with Crippen molar-refractivity contribution in [2.45, 2.75) is 31.7 Å². The van der Waals surface area contributed by atoms with Crippen molar-refractivity contribution in [2.75, 3.05) is 52.6 Å². The summed E-state index contributed by atoms with van der Waals surface area (Å²) in [4.78, 5) is 0. The molecular formula is C15H32N2O2Si2. The van der Waals surface area contributed by atoms with Crippen LogP contribution in [0, 0.1) is 0 Å². The quantitative estimate of drug-likeness (QED) is 0.698. The van der Waals surface area contributed by atoms with E-state index in [2.05, 4.69) is 41.1 Å². The number of hydrogen-bond acceptors (Lipinski definition) is 4. The number of hydrogen-bond donors (Lipinski definition) is 0. The zero-order valence-corrected chi connectivity index (χ0v) is 16.1. The van der Waals surface area contributed by atoms with Gasteiger partial charge in [0, 0.05) is 26.2 Å². The fourth-order valence-electron chi connectivity index (χ4n) is 3.27. The summed E-state index contributed by atoms with van der Waals surface area (Å²) in [5.74, 6) is 0. The van der Waals surface area contributed by atoms with Crippen LogP contribution in [-0.4, -0.2) is 78.2 Å². The Kier molecular flexibility index (Phi) is 6.22. The van der Waals surface area contributed by atoms with E-state index >= 15 is 0 Å². The lowest BCUT2D eigenvalue weighted by Gasteiger charge is -2.50. The summed E-state index contributed by atoms with van der Waals surface area (Å²) in [6.45, 7) is 19.5. The second-order valence-corrected chi connectivity index (χ2v) is 16.2. The van der Waals surface area contributed by atoms with Crippen LogP contribution in [0.15, 0.2) is 12.3 Å². The Morgan fingerprint density at radius 2 is 1.29 bits per heavy atom. The SMILES string of the molecule is C=C[Si](C)(C)CC[Si](C)(N1CCOCC1)N1CCOCC1. The van der Waals surface area contributed by atoms with E-state index in [-0.39, 0.29) is 0 Å². The van der Waals surface area contributed by atoms with Crippen molar-refractivity contribution in [3.05, 3.63) is 12.3 Å². The maximum absolute atomic E-state index is 5.58. The van der Waals surface area contributed by atoms with Gasteiger partial charge in [-0.05, 0) is 12.6 Å². The summed E-state index contributed by atoms with van der Waals surface area (Å²) in [5, 5.41) is 0. The minimum Gasteiger partial charge on any atom is -0.379 e. The molecule has 2 saturated heterocycles. The highest BCUT2D eigenvalue weighted by atomic mass is 28.4. The average molecular weight is 329 g/mol. The van der Waals surface area contributed by atoms with E-state index in [1.54, 1.807) is 0 Å². The van der Waals surface area contributed by atoms with Crippen molar-refractivity contribution < 1.29 is 9.47 Å². The van der Waals surface area contributed by atoms with E-state index in [1.807, 2.05) is 0 Å². The van der Waals surface area contributed by atoms with Crippen molar-refractivity contribution >= 4 is 16.5 Å². The summed E-state index contributed by atoms with van der Waals surface area (Å²) >= 11 is 0. The zero-order valence-electron chi connectivity index (χ0n) is 14.1. The molecule has 2 fully saturated rings. The fourth-order valence-corrected chi connectivity index (χ4v) is 11.3. The Morgan fingerprint density at radius 3 is 1.67 bits per heavy atom. The van der Waals surface area contributed by atoms with Crippen LogP contribution in [0.2, 0.25) is 31.7 Å². The molecule has 2 rings (SSSR count). The third-order valence-corrected chi connectivity index (χ3v) is 13.1. The first-order valence-electron chi connectivity index (χ1n) is 8.27. The molecule has 2 heterocycles. The van der Waals surface area contributed by atoms with Crippen LogP contribution in [-0.2, 0) is 9.47 Å². The summed E-state index contributed by atoms with van der Waals surface area (Å²) < 4.78 is 16.7. The maximum Gasteiger partial charge on any atom is 0.203 e. The lowest BCUT2D eigenvalue weighted by Crippen LogP contribution is -2.68. The van der Waals surface area contributed by atoms with Crippen LogP contribution >= 0.6 is 0 Å². The van der Waals surface area contributed by atoms with Gasteiger partial charge in [-0.15, -0.1) is 12.3 Å². The molecule has 4 nitrogen and oxygen atoms in total. The van der Waals surface area contributed by atoms with Crippen LogP contribution in [0.4, 0.5) is 0 Å². The molecule has 0 aromatic rings. The summed E-state index contributed by atoms with van der Waals surface area (Å²) in [6.07, 6.45) is 0. The molecule has 6 heteroatoms. The van der Waals surface area contributed by atoms with E-state index in [4.69, 9.17) is 9.47 Å². The molecule has 0 unspecified atom stereocenters. The Morgan fingerprint density at radius 1 is 0.857 bits per heavy atom. The second kappa shape index (κ2) is 7.52. The zero-order chi connectivity index (χ0) is 15.3. The van der Waals surface area contributed by atoms with Gasteiger partial charge in [0.15, 0.2) is 0 Å². The van der Waals surface area contributed by atoms with E-state index in [0.29, 0.717) is 0 Å². The topological polar surface area (TPSA) is 24.9 Å². The predicted octanol–water partition coefficient (Wildman–Crippen LogP) is 2.16. The van der Waals surface area contributed by atoms with Crippen molar-refractivity contribution in [3.63, 3.8) is 0 Å². The van der Waals surface area contributed by atoms with Gasteiger partial charge in [0.05, 0.1) is 34.5 Å². The molecule has 0 N–H and O–H groups in total. The van der Waals surface area contributed by atoms with Crippen molar-refractivity contribution in [1.29, 1.82) is 0 Å². The van der Waals surface area contributed by atoms with Gasteiger partial charge in [-0.2, -0.15) is 0 Å². The van der Waals surface area contributed by atoms with Gasteiger partial charge in [0.25, 0.3) is 0 Å². The Bertz CT molecular complexity index is 323. The number of ether oxygens (including phenoxy) is 2. The first-order chi connectivity index (χ1) is 9.98. The molecular weight excluding hydrogens is 296 g/mol. The van der Waals surface area contributed by atoms with E-state index in [0.717, 1.165) is 52.6 Å². The van der Waals surface area contributed by atoms with Crippen molar-refractivity contribution in [1.82, 2.24) is 9.13 Å². The average Bonchev–Trinajstić information content (AvgIpc) is 2.54. The largest absolute Gasteiger partial charge is 0.379 e. The van der Waals surface area contributed by atoms with E-state index < -0.39 is 16.5 Å². The van der Waals surface area contributed by atoms with Gasteiger partial charge in [-0.1, -0.05) is 19.1 Å². The van der Waals surface area contributed by atoms with Crippen LogP contribution in [0.3, 0.4) is 0 Å². The predicted molar refractivity (Wildman–Crippen MR) is 93.7 cm³/mol. The van der Waals surface area contributed by atoms with E-state index in [1.165, 1.54) is 12.1 Å². The third kappa shape index (κ3) is 4.49. The van der Waals surface area contributed by atoms with Crippen molar-refractivity contribution in [2.24, 2.45) is 0 Å². The fraction of sp³-hybridized carbons (Fsp3) is 0.867. The maximum atomic E-state index is 5.58. The third-order valence-electron chi connectivity index (χ3n) is 5.18. The van der Waals surface area contributed by atoms with Crippen LogP contribution < -0.4 is 0 Å². The molecule has 2 aliphatic heterocycles. The van der Waals surface area contributed by atoms with E-state index in [9.17, 15) is 0 Å². The van der Waals surface area contributed by atoms with Gasteiger partial charge < -0.3 is 18.6 Å². The summed E-state index contributed by atoms with van der Waals surface area (Å²) in [6, 6.07) is 2.71. The smallest absolute Gasteiger partial charge is 0.203 e. The molecule has 0 aromatic heterocycles. The van der Waals surface area contributed by atoms with Crippen LogP contribution in [0.5, 0.6) is 0 Å². The minimum absolute atomic E-state index is 0.898. The molecule has 2 aliphatic rings. The highest BCUT2D eigenvalue weighted by molar-refractivity contribution is 6.84. The monoisotopic (exact) mass is 328 g/mol. The molecule has 0 saturated carbocycles. The van der Waals surface area contributed by atoms with Crippen LogP contribution in [0.25, 0.3) is 0 Å². The molecule has 0 atom stereocenters. The molecule has 0 bridgehead atoms. The number of rotatable bonds is 6. The van der Waals surface area contributed by atoms with Gasteiger partial charge in [-0.3, -0.25) is 0 Å². The Hall–Kier alpha value is 0.0138. The molecule has 0 amide bonds. The number of nitrogens with zero attached hydrogens (tertiary/aromatic N) is 2. The number of morpholine rings is 2. The van der Waals surface area contributed by atoms with Crippen LogP contribution in [0.1, 0.15) is 0 Å². The molecule has 122 valence electrons. The van der Waals surface area contributed by atoms with Gasteiger partial charge in [0.2, 0.25) is 8.40 Å². The van der Waals surface area contributed by atoms with Gasteiger partial charge in [0.1, 0.15) is 0 Å². The molecule has 21 heavy (non-hydrogen) atoms. The van der Waals surface area contributed by atoms with Gasteiger partial charge in [-0.25, -0.2) is 0 Å². The summed E-state index contributed by atoms with van der Waals surface area (Å²) in [5.41, 5.74) is 2.25. The molecule has 0 aliphatic carbocycles. The first-order valence-corrected chi connectivity index (χ1v) is 14.2. The Labute approximate surface area is 132 Å². The lowest BCUT2D eigenvalue weighted by atomic mass is 10.5.